The van der Waals surface area contributed by atoms with E-state index in [1.165, 1.54) is 29.2 Å². The highest BCUT2D eigenvalue weighted by Crippen LogP contribution is 2.21. The first kappa shape index (κ1) is 13.7. The van der Waals surface area contributed by atoms with E-state index in [2.05, 4.69) is 5.32 Å². The van der Waals surface area contributed by atoms with E-state index in [9.17, 15) is 14.4 Å². The third-order valence-electron chi connectivity index (χ3n) is 3.29. The predicted molar refractivity (Wildman–Crippen MR) is 69.4 cm³/mol. The van der Waals surface area contributed by atoms with Crippen LogP contribution in [-0.2, 0) is 9.59 Å². The van der Waals surface area contributed by atoms with Crippen LogP contribution in [0.5, 0.6) is 0 Å². The second kappa shape index (κ2) is 4.78. The zero-order chi connectivity index (χ0) is 14.9. The number of imide groups is 1. The maximum absolute atomic E-state index is 12.4. The maximum atomic E-state index is 12.4. The number of rotatable bonds is 1. The van der Waals surface area contributed by atoms with Crippen molar-refractivity contribution in [3.63, 3.8) is 0 Å². The minimum absolute atomic E-state index is 0.169. The summed E-state index contributed by atoms with van der Waals surface area (Å²) in [6.45, 7) is 2.99. The molecule has 0 atom stereocenters. The number of piperazine rings is 1. The van der Waals surface area contributed by atoms with Gasteiger partial charge in [0, 0.05) is 5.56 Å². The van der Waals surface area contributed by atoms with E-state index >= 15 is 0 Å². The van der Waals surface area contributed by atoms with Gasteiger partial charge in [-0.1, -0.05) is 0 Å². The molecule has 102 valence electrons. The van der Waals surface area contributed by atoms with E-state index in [0.717, 1.165) is 0 Å². The molecule has 0 unspecified atom stereocenters. The number of hydrogen-bond donors (Lipinski definition) is 1. The van der Waals surface area contributed by atoms with Gasteiger partial charge in [-0.15, -0.1) is 0 Å². The topological polar surface area (TPSA) is 90.3 Å². The maximum Gasteiger partial charge on any atom is 0.255 e. The monoisotopic (exact) mass is 271 g/mol. The molecule has 1 N–H and O–H groups in total. The Hall–Kier alpha value is -2.68. The van der Waals surface area contributed by atoms with Crippen LogP contribution >= 0.6 is 0 Å². The van der Waals surface area contributed by atoms with Gasteiger partial charge in [-0.2, -0.15) is 5.26 Å². The fourth-order valence-corrected chi connectivity index (χ4v) is 1.95. The Labute approximate surface area is 116 Å². The molecular formula is C14H13N3O3. The average Bonchev–Trinajstić information content (AvgIpc) is 2.42. The Bertz CT molecular complexity index is 626. The zero-order valence-corrected chi connectivity index (χ0v) is 11.1. The van der Waals surface area contributed by atoms with Gasteiger partial charge in [0.1, 0.15) is 12.1 Å². The first-order valence-corrected chi connectivity index (χ1v) is 6.02. The molecule has 1 aliphatic heterocycles. The summed E-state index contributed by atoms with van der Waals surface area (Å²) in [5.74, 6) is -1.42. The number of nitrogens with zero attached hydrogens (tertiary/aromatic N) is 2. The number of hydrogen-bond acceptors (Lipinski definition) is 4. The highest BCUT2D eigenvalue weighted by molar-refractivity contribution is 6.08. The van der Waals surface area contributed by atoms with Gasteiger partial charge >= 0.3 is 0 Å². The van der Waals surface area contributed by atoms with Crippen molar-refractivity contribution >= 4 is 17.7 Å². The quantitative estimate of drug-likeness (QED) is 0.750. The van der Waals surface area contributed by atoms with Gasteiger partial charge in [-0.3, -0.25) is 19.7 Å². The Morgan fingerprint density at radius 3 is 2.45 bits per heavy atom. The molecule has 1 aromatic rings. The number of nitriles is 1. The molecule has 1 aliphatic rings. The van der Waals surface area contributed by atoms with E-state index in [1.54, 1.807) is 13.8 Å². The van der Waals surface area contributed by atoms with E-state index in [0.29, 0.717) is 11.1 Å². The summed E-state index contributed by atoms with van der Waals surface area (Å²) in [4.78, 5) is 36.9. The second-order valence-electron chi connectivity index (χ2n) is 5.02. The van der Waals surface area contributed by atoms with Crippen molar-refractivity contribution in [2.75, 3.05) is 6.54 Å². The van der Waals surface area contributed by atoms with Gasteiger partial charge in [0.05, 0.1) is 11.6 Å². The standard InChI is InChI=1S/C14H13N3O3/c1-14(2)13(20)16-11(18)8-17(14)12(19)10-5-3-9(7-15)4-6-10/h3-6H,8H2,1-2H3,(H,16,18,20). The Balaban J connectivity index is 2.33. The van der Waals surface area contributed by atoms with Crippen molar-refractivity contribution < 1.29 is 14.4 Å². The summed E-state index contributed by atoms with van der Waals surface area (Å²) in [5, 5.41) is 10.9. The van der Waals surface area contributed by atoms with Gasteiger partial charge in [-0.05, 0) is 38.1 Å². The highest BCUT2D eigenvalue weighted by Gasteiger charge is 2.43. The molecule has 2 rings (SSSR count). The third-order valence-corrected chi connectivity index (χ3v) is 3.29. The fourth-order valence-electron chi connectivity index (χ4n) is 1.95. The summed E-state index contributed by atoms with van der Waals surface area (Å²) in [6.07, 6.45) is 0. The van der Waals surface area contributed by atoms with Crippen molar-refractivity contribution in [2.45, 2.75) is 19.4 Å². The van der Waals surface area contributed by atoms with Gasteiger partial charge in [-0.25, -0.2) is 0 Å². The first-order valence-electron chi connectivity index (χ1n) is 6.02. The van der Waals surface area contributed by atoms with Crippen LogP contribution in [0.2, 0.25) is 0 Å². The summed E-state index contributed by atoms with van der Waals surface area (Å²) in [5.41, 5.74) is -0.327. The summed E-state index contributed by atoms with van der Waals surface area (Å²) in [6, 6.07) is 8.02. The molecule has 1 saturated heterocycles. The molecule has 1 aromatic carbocycles. The lowest BCUT2D eigenvalue weighted by Gasteiger charge is -2.40. The zero-order valence-electron chi connectivity index (χ0n) is 11.1. The lowest BCUT2D eigenvalue weighted by Crippen LogP contribution is -2.65. The lowest BCUT2D eigenvalue weighted by molar-refractivity contribution is -0.143. The molecule has 1 fully saturated rings. The minimum atomic E-state index is -1.10. The highest BCUT2D eigenvalue weighted by atomic mass is 16.2. The van der Waals surface area contributed by atoms with Crippen LogP contribution in [-0.4, -0.2) is 34.7 Å². The number of carbonyl (C=O) groups excluding carboxylic acids is 3. The SMILES string of the molecule is CC1(C)C(=O)NC(=O)CN1C(=O)c1ccc(C#N)cc1. The molecule has 0 spiro atoms. The molecule has 0 radical (unpaired) electrons. The average molecular weight is 271 g/mol. The molecule has 3 amide bonds. The fraction of sp³-hybridized carbons (Fsp3) is 0.286. The van der Waals surface area contributed by atoms with Gasteiger partial charge in [0.2, 0.25) is 5.91 Å². The number of benzene rings is 1. The largest absolute Gasteiger partial charge is 0.315 e. The van der Waals surface area contributed by atoms with Gasteiger partial charge < -0.3 is 4.90 Å². The van der Waals surface area contributed by atoms with Crippen LogP contribution in [0, 0.1) is 11.3 Å². The minimum Gasteiger partial charge on any atom is -0.315 e. The molecule has 6 nitrogen and oxygen atoms in total. The lowest BCUT2D eigenvalue weighted by atomic mass is 9.97. The molecular weight excluding hydrogens is 258 g/mol. The molecule has 20 heavy (non-hydrogen) atoms. The van der Waals surface area contributed by atoms with E-state index < -0.39 is 23.3 Å². The van der Waals surface area contributed by atoms with Crippen LogP contribution in [0.1, 0.15) is 29.8 Å². The van der Waals surface area contributed by atoms with Crippen LogP contribution in [0.3, 0.4) is 0 Å². The van der Waals surface area contributed by atoms with Gasteiger partial charge in [0.15, 0.2) is 0 Å². The molecule has 1 heterocycles. The third kappa shape index (κ3) is 2.26. The first-order chi connectivity index (χ1) is 9.36. The molecule has 0 aliphatic carbocycles. The number of carbonyl (C=O) groups is 3. The van der Waals surface area contributed by atoms with Crippen LogP contribution in [0.25, 0.3) is 0 Å². The Morgan fingerprint density at radius 1 is 1.30 bits per heavy atom. The Kier molecular flexibility index (Phi) is 3.28. The van der Waals surface area contributed by atoms with Crippen molar-refractivity contribution in [3.8, 4) is 6.07 Å². The van der Waals surface area contributed by atoms with Crippen LogP contribution in [0.15, 0.2) is 24.3 Å². The van der Waals surface area contributed by atoms with Gasteiger partial charge in [0.25, 0.3) is 11.8 Å². The molecule has 0 saturated carbocycles. The van der Waals surface area contributed by atoms with E-state index in [1.807, 2.05) is 6.07 Å². The van der Waals surface area contributed by atoms with E-state index in [-0.39, 0.29) is 6.54 Å². The van der Waals surface area contributed by atoms with E-state index in [4.69, 9.17) is 5.26 Å². The smallest absolute Gasteiger partial charge is 0.255 e. The molecule has 0 aromatic heterocycles. The van der Waals surface area contributed by atoms with Crippen molar-refractivity contribution in [1.82, 2.24) is 10.2 Å². The Morgan fingerprint density at radius 2 is 1.90 bits per heavy atom. The number of amides is 3. The van der Waals surface area contributed by atoms with Crippen molar-refractivity contribution in [3.05, 3.63) is 35.4 Å². The summed E-state index contributed by atoms with van der Waals surface area (Å²) < 4.78 is 0. The summed E-state index contributed by atoms with van der Waals surface area (Å²) >= 11 is 0. The normalized spacial score (nSPS) is 17.4. The van der Waals surface area contributed by atoms with Crippen molar-refractivity contribution in [2.24, 2.45) is 0 Å². The predicted octanol–water partition coefficient (Wildman–Crippen LogP) is 0.435. The molecule has 6 heteroatoms. The molecule has 0 bridgehead atoms. The van der Waals surface area contributed by atoms with Crippen molar-refractivity contribution in [1.29, 1.82) is 5.26 Å². The summed E-state index contributed by atoms with van der Waals surface area (Å²) in [7, 11) is 0. The van der Waals surface area contributed by atoms with Crippen LogP contribution < -0.4 is 5.32 Å². The van der Waals surface area contributed by atoms with Crippen LogP contribution in [0.4, 0.5) is 0 Å². The second-order valence-corrected chi connectivity index (χ2v) is 5.02. The number of nitrogens with one attached hydrogen (secondary N) is 1.